The first-order valence-corrected chi connectivity index (χ1v) is 8.72. The Kier molecular flexibility index (Phi) is 5.13. The van der Waals surface area contributed by atoms with Crippen LogP contribution in [0.25, 0.3) is 0 Å². The maximum absolute atomic E-state index is 12.3. The number of aromatic nitrogens is 4. The van der Waals surface area contributed by atoms with E-state index >= 15 is 0 Å². The van der Waals surface area contributed by atoms with Gasteiger partial charge in [0.25, 0.3) is 11.1 Å². The van der Waals surface area contributed by atoms with Crippen LogP contribution in [0.15, 0.2) is 28.0 Å². The summed E-state index contributed by atoms with van der Waals surface area (Å²) in [5.41, 5.74) is 2.44. The van der Waals surface area contributed by atoms with Crippen molar-refractivity contribution in [2.45, 2.75) is 39.8 Å². The number of hydrogen-bond acceptors (Lipinski definition) is 5. The van der Waals surface area contributed by atoms with Crippen molar-refractivity contribution in [2.24, 2.45) is 13.0 Å². The Labute approximate surface area is 146 Å². The number of hydrogen-bond donors (Lipinski definition) is 0. The monoisotopic (exact) mass is 343 g/mol. The molecule has 2 aromatic heterocycles. The van der Waals surface area contributed by atoms with Gasteiger partial charge in [-0.15, -0.1) is 0 Å². The van der Waals surface area contributed by atoms with Crippen molar-refractivity contribution in [3.8, 4) is 0 Å². The molecule has 1 aliphatic rings. The average molecular weight is 343 g/mol. The van der Waals surface area contributed by atoms with Crippen LogP contribution in [0.3, 0.4) is 0 Å². The summed E-state index contributed by atoms with van der Waals surface area (Å²) in [6, 6.07) is 3.36. The first-order chi connectivity index (χ1) is 11.9. The second kappa shape index (κ2) is 7.31. The zero-order valence-corrected chi connectivity index (χ0v) is 15.1. The molecular formula is C18H25N5O2. The van der Waals surface area contributed by atoms with E-state index in [9.17, 15) is 9.59 Å². The van der Waals surface area contributed by atoms with Gasteiger partial charge >= 0.3 is 0 Å². The number of rotatable bonds is 4. The van der Waals surface area contributed by atoms with Gasteiger partial charge in [-0.05, 0) is 51.8 Å². The minimum absolute atomic E-state index is 0.0735. The van der Waals surface area contributed by atoms with Crippen molar-refractivity contribution in [1.82, 2.24) is 24.2 Å². The molecule has 0 amide bonds. The lowest BCUT2D eigenvalue weighted by Gasteiger charge is -2.31. The molecule has 0 saturated carbocycles. The lowest BCUT2D eigenvalue weighted by molar-refractivity contribution is 0.164. The summed E-state index contributed by atoms with van der Waals surface area (Å²) >= 11 is 0. The van der Waals surface area contributed by atoms with E-state index in [2.05, 4.69) is 15.0 Å². The van der Waals surface area contributed by atoms with Gasteiger partial charge in [0.2, 0.25) is 0 Å². The molecule has 25 heavy (non-hydrogen) atoms. The van der Waals surface area contributed by atoms with E-state index in [1.165, 1.54) is 4.68 Å². The number of aryl methyl sites for hydroxylation is 2. The smallest absolute Gasteiger partial charge is 0.266 e. The molecule has 1 fully saturated rings. The molecule has 0 unspecified atom stereocenters. The van der Waals surface area contributed by atoms with Gasteiger partial charge in [-0.1, -0.05) is 0 Å². The predicted octanol–water partition coefficient (Wildman–Crippen LogP) is 0.866. The van der Waals surface area contributed by atoms with Gasteiger partial charge in [0, 0.05) is 37.5 Å². The summed E-state index contributed by atoms with van der Waals surface area (Å²) in [6.07, 6.45) is 3.77. The molecule has 1 aliphatic heterocycles. The van der Waals surface area contributed by atoms with Crippen LogP contribution in [0.5, 0.6) is 0 Å². The molecule has 0 N–H and O–H groups in total. The summed E-state index contributed by atoms with van der Waals surface area (Å²) in [5.74, 6) is 0.492. The van der Waals surface area contributed by atoms with Gasteiger partial charge < -0.3 is 0 Å². The van der Waals surface area contributed by atoms with Crippen LogP contribution in [-0.4, -0.2) is 37.3 Å². The van der Waals surface area contributed by atoms with Crippen molar-refractivity contribution in [3.63, 3.8) is 0 Å². The molecule has 0 spiro atoms. The summed E-state index contributed by atoms with van der Waals surface area (Å²) in [6.45, 7) is 7.15. The van der Waals surface area contributed by atoms with Gasteiger partial charge in [0.05, 0.1) is 12.0 Å². The lowest BCUT2D eigenvalue weighted by Crippen LogP contribution is -2.37. The quantitative estimate of drug-likeness (QED) is 0.823. The molecule has 7 heteroatoms. The zero-order valence-electron chi connectivity index (χ0n) is 15.1. The SMILES string of the molecule is Cc1ncn(CC2CCN(Cc3ccc(=O)n(C)n3)CC2)c(=O)c1C. The predicted molar refractivity (Wildman–Crippen MR) is 95.5 cm³/mol. The molecule has 0 radical (unpaired) electrons. The minimum atomic E-state index is -0.0881. The minimum Gasteiger partial charge on any atom is -0.299 e. The fraction of sp³-hybridized carbons (Fsp3) is 0.556. The Hall–Kier alpha value is -2.28. The van der Waals surface area contributed by atoms with Crippen molar-refractivity contribution < 1.29 is 0 Å². The Balaban J connectivity index is 1.57. The Morgan fingerprint density at radius 2 is 1.88 bits per heavy atom. The molecule has 2 aromatic rings. The number of likely N-dealkylation sites (tertiary alicyclic amines) is 1. The van der Waals surface area contributed by atoms with Crippen molar-refractivity contribution in [1.29, 1.82) is 0 Å². The van der Waals surface area contributed by atoms with Crippen LogP contribution >= 0.6 is 0 Å². The van der Waals surface area contributed by atoms with Crippen LogP contribution in [0.4, 0.5) is 0 Å². The Bertz CT molecular complexity index is 863. The molecule has 3 heterocycles. The summed E-state index contributed by atoms with van der Waals surface area (Å²) in [4.78, 5) is 30.4. The van der Waals surface area contributed by atoms with E-state index in [4.69, 9.17) is 0 Å². The second-order valence-corrected chi connectivity index (χ2v) is 6.92. The van der Waals surface area contributed by atoms with Crippen LogP contribution in [0.2, 0.25) is 0 Å². The zero-order chi connectivity index (χ0) is 18.0. The highest BCUT2D eigenvalue weighted by molar-refractivity contribution is 5.12. The van der Waals surface area contributed by atoms with Crippen molar-refractivity contribution >= 4 is 0 Å². The first-order valence-electron chi connectivity index (χ1n) is 8.72. The number of nitrogens with zero attached hydrogens (tertiary/aromatic N) is 5. The lowest BCUT2D eigenvalue weighted by atomic mass is 9.96. The third-order valence-corrected chi connectivity index (χ3v) is 5.08. The Morgan fingerprint density at radius 1 is 1.16 bits per heavy atom. The van der Waals surface area contributed by atoms with Crippen LogP contribution in [0, 0.1) is 19.8 Å². The molecule has 0 atom stereocenters. The highest BCUT2D eigenvalue weighted by Crippen LogP contribution is 2.19. The van der Waals surface area contributed by atoms with E-state index in [-0.39, 0.29) is 11.1 Å². The van der Waals surface area contributed by atoms with E-state index in [1.807, 2.05) is 13.8 Å². The van der Waals surface area contributed by atoms with Gasteiger partial charge in [0.15, 0.2) is 0 Å². The van der Waals surface area contributed by atoms with Crippen LogP contribution in [0.1, 0.15) is 29.8 Å². The van der Waals surface area contributed by atoms with E-state index in [0.717, 1.165) is 56.0 Å². The average Bonchev–Trinajstić information content (AvgIpc) is 2.60. The molecular weight excluding hydrogens is 318 g/mol. The molecule has 0 aliphatic carbocycles. The fourth-order valence-electron chi connectivity index (χ4n) is 3.28. The second-order valence-electron chi connectivity index (χ2n) is 6.92. The first kappa shape index (κ1) is 17.5. The van der Waals surface area contributed by atoms with E-state index < -0.39 is 0 Å². The summed E-state index contributed by atoms with van der Waals surface area (Å²) < 4.78 is 3.12. The fourth-order valence-corrected chi connectivity index (χ4v) is 3.28. The third-order valence-electron chi connectivity index (χ3n) is 5.08. The van der Waals surface area contributed by atoms with Crippen LogP contribution < -0.4 is 11.1 Å². The van der Waals surface area contributed by atoms with Gasteiger partial charge in [-0.25, -0.2) is 9.67 Å². The van der Waals surface area contributed by atoms with Gasteiger partial charge in [0.1, 0.15) is 0 Å². The van der Waals surface area contributed by atoms with Gasteiger partial charge in [-0.2, -0.15) is 5.10 Å². The summed E-state index contributed by atoms with van der Waals surface area (Å²) in [5, 5.41) is 4.29. The molecule has 134 valence electrons. The maximum Gasteiger partial charge on any atom is 0.266 e. The van der Waals surface area contributed by atoms with Crippen molar-refractivity contribution in [2.75, 3.05) is 13.1 Å². The molecule has 0 aromatic carbocycles. The standard InChI is InChI=1S/C18H25N5O2/c1-13-14(2)19-12-23(18(13)25)10-15-6-8-22(9-7-15)11-16-4-5-17(24)21(3)20-16/h4-5,12,15H,6-11H2,1-3H3. The Morgan fingerprint density at radius 3 is 2.56 bits per heavy atom. The highest BCUT2D eigenvalue weighted by atomic mass is 16.1. The largest absolute Gasteiger partial charge is 0.299 e. The van der Waals surface area contributed by atoms with E-state index in [1.54, 1.807) is 30.1 Å². The van der Waals surface area contributed by atoms with Crippen LogP contribution in [-0.2, 0) is 20.1 Å². The third kappa shape index (κ3) is 4.04. The van der Waals surface area contributed by atoms with Gasteiger partial charge in [-0.3, -0.25) is 19.1 Å². The van der Waals surface area contributed by atoms with E-state index in [0.29, 0.717) is 5.92 Å². The molecule has 0 bridgehead atoms. The molecule has 1 saturated heterocycles. The normalized spacial score (nSPS) is 16.3. The topological polar surface area (TPSA) is 73.0 Å². The van der Waals surface area contributed by atoms with Crippen molar-refractivity contribution in [3.05, 3.63) is 56.1 Å². The summed E-state index contributed by atoms with van der Waals surface area (Å²) in [7, 11) is 1.67. The maximum atomic E-state index is 12.3. The number of piperidine rings is 1. The molecule has 7 nitrogen and oxygen atoms in total. The highest BCUT2D eigenvalue weighted by Gasteiger charge is 2.21. The molecule has 3 rings (SSSR count).